The van der Waals surface area contributed by atoms with Gasteiger partial charge in [0.05, 0.1) is 6.54 Å². The molecule has 1 aromatic carbocycles. The smallest absolute Gasteiger partial charge is 0.254 e. The van der Waals surface area contributed by atoms with E-state index in [9.17, 15) is 4.79 Å². The summed E-state index contributed by atoms with van der Waals surface area (Å²) in [4.78, 5) is 13.5. The molecule has 0 spiro atoms. The van der Waals surface area contributed by atoms with Gasteiger partial charge in [-0.05, 0) is 25.1 Å². The van der Waals surface area contributed by atoms with E-state index >= 15 is 0 Å². The highest BCUT2D eigenvalue weighted by atomic mass is 16.2. The molecule has 0 unspecified atom stereocenters. The van der Waals surface area contributed by atoms with Crippen molar-refractivity contribution in [2.45, 2.75) is 6.92 Å². The summed E-state index contributed by atoms with van der Waals surface area (Å²) in [6, 6.07) is 4.80. The zero-order chi connectivity index (χ0) is 12.1. The van der Waals surface area contributed by atoms with Crippen LogP contribution in [-0.2, 0) is 0 Å². The van der Waals surface area contributed by atoms with Gasteiger partial charge in [-0.3, -0.25) is 4.79 Å². The van der Waals surface area contributed by atoms with E-state index in [4.69, 9.17) is 17.9 Å². The van der Waals surface area contributed by atoms with Crippen LogP contribution in [0.4, 0.5) is 11.4 Å². The fraction of sp³-hybridized carbons (Fsp3) is 0.250. The zero-order valence-corrected chi connectivity index (χ0v) is 9.23. The summed E-state index contributed by atoms with van der Waals surface area (Å²) >= 11 is 0. The Kier molecular flexibility index (Phi) is 3.78. The van der Waals surface area contributed by atoms with Crippen LogP contribution in [0.1, 0.15) is 17.3 Å². The van der Waals surface area contributed by atoms with Crippen molar-refractivity contribution in [2.75, 3.05) is 24.6 Å². The number of hydrogen-bond donors (Lipinski definition) is 2. The molecule has 1 amide bonds. The number of carbonyl (C=O) groups excluding carboxylic acids is 1. The van der Waals surface area contributed by atoms with Crippen LogP contribution in [0.2, 0.25) is 0 Å². The molecule has 16 heavy (non-hydrogen) atoms. The number of nitrogens with two attached hydrogens (primary N) is 2. The minimum atomic E-state index is -0.153. The number of hydrogen-bond acceptors (Lipinski definition) is 3. The lowest BCUT2D eigenvalue weighted by atomic mass is 10.1. The van der Waals surface area contributed by atoms with Crippen molar-refractivity contribution in [3.05, 3.63) is 23.8 Å². The summed E-state index contributed by atoms with van der Waals surface area (Å²) in [6.07, 6.45) is 5.19. The Balaban J connectivity index is 2.99. The van der Waals surface area contributed by atoms with Gasteiger partial charge in [-0.25, -0.2) is 0 Å². The molecule has 0 aromatic heterocycles. The number of benzene rings is 1. The number of nitrogens with zero attached hydrogens (tertiary/aromatic N) is 1. The minimum absolute atomic E-state index is 0.153. The van der Waals surface area contributed by atoms with Crippen molar-refractivity contribution in [1.29, 1.82) is 0 Å². The van der Waals surface area contributed by atoms with Crippen molar-refractivity contribution in [3.63, 3.8) is 0 Å². The second-order valence-corrected chi connectivity index (χ2v) is 3.41. The predicted octanol–water partition coefficient (Wildman–Crippen LogP) is 0.946. The first kappa shape index (κ1) is 11.9. The Hall–Kier alpha value is -2.15. The fourth-order valence-electron chi connectivity index (χ4n) is 1.42. The molecule has 0 aliphatic rings. The first-order chi connectivity index (χ1) is 7.58. The van der Waals surface area contributed by atoms with E-state index in [-0.39, 0.29) is 12.5 Å². The molecule has 1 rings (SSSR count). The first-order valence-corrected chi connectivity index (χ1v) is 4.97. The maximum Gasteiger partial charge on any atom is 0.254 e. The van der Waals surface area contributed by atoms with E-state index in [1.165, 1.54) is 0 Å². The number of nitrogen functional groups attached to an aromatic ring is 2. The molecule has 4 heteroatoms. The van der Waals surface area contributed by atoms with Gasteiger partial charge in [0.1, 0.15) is 0 Å². The summed E-state index contributed by atoms with van der Waals surface area (Å²) in [5.74, 6) is 2.29. The maximum atomic E-state index is 12.0. The quantitative estimate of drug-likeness (QED) is 0.584. The topological polar surface area (TPSA) is 72.3 Å². The second kappa shape index (κ2) is 5.08. The minimum Gasteiger partial charge on any atom is -0.399 e. The van der Waals surface area contributed by atoms with E-state index in [1.807, 2.05) is 6.92 Å². The molecule has 0 heterocycles. The molecule has 0 aliphatic heterocycles. The maximum absolute atomic E-state index is 12.0. The van der Waals surface area contributed by atoms with E-state index in [1.54, 1.807) is 23.1 Å². The number of amides is 1. The Morgan fingerprint density at radius 3 is 2.38 bits per heavy atom. The van der Waals surface area contributed by atoms with Crippen LogP contribution < -0.4 is 11.5 Å². The van der Waals surface area contributed by atoms with Crippen molar-refractivity contribution >= 4 is 17.3 Å². The normalized spacial score (nSPS) is 9.50. The van der Waals surface area contributed by atoms with E-state index in [0.717, 1.165) is 0 Å². The van der Waals surface area contributed by atoms with Crippen LogP contribution in [0, 0.1) is 12.3 Å². The van der Waals surface area contributed by atoms with Crippen molar-refractivity contribution < 1.29 is 4.79 Å². The van der Waals surface area contributed by atoms with Crippen LogP contribution in [0.5, 0.6) is 0 Å². The van der Waals surface area contributed by atoms with Crippen LogP contribution in [0.3, 0.4) is 0 Å². The first-order valence-electron chi connectivity index (χ1n) is 4.97. The molecule has 0 radical (unpaired) electrons. The summed E-state index contributed by atoms with van der Waals surface area (Å²) in [6.45, 7) is 2.70. The number of terminal acetylenes is 1. The number of carbonyl (C=O) groups is 1. The highest BCUT2D eigenvalue weighted by molar-refractivity contribution is 5.96. The lowest BCUT2D eigenvalue weighted by Gasteiger charge is -2.18. The van der Waals surface area contributed by atoms with Gasteiger partial charge < -0.3 is 16.4 Å². The van der Waals surface area contributed by atoms with Crippen molar-refractivity contribution in [3.8, 4) is 12.3 Å². The summed E-state index contributed by atoms with van der Waals surface area (Å²) in [5.41, 5.74) is 12.7. The average Bonchev–Trinajstić information content (AvgIpc) is 2.23. The molecule has 0 bridgehead atoms. The Labute approximate surface area is 95.2 Å². The molecular weight excluding hydrogens is 202 g/mol. The summed E-state index contributed by atoms with van der Waals surface area (Å²) in [5, 5.41) is 0. The van der Waals surface area contributed by atoms with Crippen LogP contribution >= 0.6 is 0 Å². The lowest BCUT2D eigenvalue weighted by Crippen LogP contribution is -2.31. The monoisotopic (exact) mass is 217 g/mol. The van der Waals surface area contributed by atoms with Gasteiger partial charge in [0.15, 0.2) is 0 Å². The number of anilines is 2. The third-order valence-electron chi connectivity index (χ3n) is 2.18. The fourth-order valence-corrected chi connectivity index (χ4v) is 1.42. The molecule has 84 valence electrons. The molecule has 0 fully saturated rings. The molecule has 4 N–H and O–H groups in total. The van der Waals surface area contributed by atoms with Gasteiger partial charge in [-0.1, -0.05) is 5.92 Å². The van der Waals surface area contributed by atoms with Gasteiger partial charge in [0, 0.05) is 23.5 Å². The number of rotatable bonds is 3. The largest absolute Gasteiger partial charge is 0.399 e. The van der Waals surface area contributed by atoms with Crippen LogP contribution in [0.25, 0.3) is 0 Å². The molecule has 0 atom stereocenters. The Morgan fingerprint density at radius 1 is 1.38 bits per heavy atom. The predicted molar refractivity (Wildman–Crippen MR) is 65.7 cm³/mol. The van der Waals surface area contributed by atoms with Gasteiger partial charge in [-0.2, -0.15) is 0 Å². The molecule has 4 nitrogen and oxygen atoms in total. The highest BCUT2D eigenvalue weighted by Gasteiger charge is 2.13. The Bertz CT molecular complexity index is 414. The van der Waals surface area contributed by atoms with Gasteiger partial charge in [0.2, 0.25) is 0 Å². The summed E-state index contributed by atoms with van der Waals surface area (Å²) in [7, 11) is 0. The molecule has 1 aromatic rings. The van der Waals surface area contributed by atoms with E-state index < -0.39 is 0 Å². The van der Waals surface area contributed by atoms with Gasteiger partial charge >= 0.3 is 0 Å². The zero-order valence-electron chi connectivity index (χ0n) is 9.23. The molecular formula is C12H15N3O. The molecule has 0 saturated carbocycles. The standard InChI is InChI=1S/C12H15N3O/c1-3-5-15(4-2)12(16)9-6-10(13)8-11(14)7-9/h1,6-8H,4-5,13-14H2,2H3. The van der Waals surface area contributed by atoms with Crippen molar-refractivity contribution in [2.24, 2.45) is 0 Å². The third kappa shape index (κ3) is 2.67. The van der Waals surface area contributed by atoms with E-state index in [0.29, 0.717) is 23.5 Å². The van der Waals surface area contributed by atoms with Crippen molar-refractivity contribution in [1.82, 2.24) is 4.90 Å². The van der Waals surface area contributed by atoms with E-state index in [2.05, 4.69) is 5.92 Å². The Morgan fingerprint density at radius 2 is 1.94 bits per heavy atom. The van der Waals surface area contributed by atoms with Gasteiger partial charge in [-0.15, -0.1) is 6.42 Å². The molecule has 0 saturated heterocycles. The lowest BCUT2D eigenvalue weighted by molar-refractivity contribution is 0.0785. The average molecular weight is 217 g/mol. The second-order valence-electron chi connectivity index (χ2n) is 3.41. The summed E-state index contributed by atoms with van der Waals surface area (Å²) < 4.78 is 0. The van der Waals surface area contributed by atoms with Crippen LogP contribution in [0.15, 0.2) is 18.2 Å². The molecule has 0 aliphatic carbocycles. The SMILES string of the molecule is C#CCN(CC)C(=O)c1cc(N)cc(N)c1. The third-order valence-corrected chi connectivity index (χ3v) is 2.18. The highest BCUT2D eigenvalue weighted by Crippen LogP contribution is 2.15. The van der Waals surface area contributed by atoms with Crippen LogP contribution in [-0.4, -0.2) is 23.9 Å². The van der Waals surface area contributed by atoms with Gasteiger partial charge in [0.25, 0.3) is 5.91 Å².